The van der Waals surface area contributed by atoms with Crippen LogP contribution in [0.4, 0.5) is 0 Å². The Labute approximate surface area is 117 Å². The van der Waals surface area contributed by atoms with Crippen molar-refractivity contribution in [3.63, 3.8) is 0 Å². The number of hydrogen-bond donors (Lipinski definition) is 1. The second-order valence-corrected chi connectivity index (χ2v) is 5.41. The molecule has 0 amide bonds. The Balaban J connectivity index is 2.48. The summed E-state index contributed by atoms with van der Waals surface area (Å²) in [6, 6.07) is 2.12. The Morgan fingerprint density at radius 2 is 2.11 bits per heavy atom. The summed E-state index contributed by atoms with van der Waals surface area (Å²) in [5, 5.41) is 0. The normalized spacial score (nSPS) is 15.6. The van der Waals surface area contributed by atoms with E-state index in [0.29, 0.717) is 25.7 Å². The highest BCUT2D eigenvalue weighted by Crippen LogP contribution is 2.44. The SMILES string of the molecule is CCc1c(C(C)CCN)cc2c(c1Br)OCCO2. The van der Waals surface area contributed by atoms with E-state index in [-0.39, 0.29) is 0 Å². The quantitative estimate of drug-likeness (QED) is 0.928. The summed E-state index contributed by atoms with van der Waals surface area (Å²) in [6.45, 7) is 6.32. The summed E-state index contributed by atoms with van der Waals surface area (Å²) in [5.74, 6) is 2.14. The lowest BCUT2D eigenvalue weighted by atomic mass is 9.91. The van der Waals surface area contributed by atoms with Gasteiger partial charge in [-0.3, -0.25) is 0 Å². The van der Waals surface area contributed by atoms with Crippen LogP contribution in [0.15, 0.2) is 10.5 Å². The van der Waals surface area contributed by atoms with Gasteiger partial charge >= 0.3 is 0 Å². The maximum absolute atomic E-state index is 5.69. The topological polar surface area (TPSA) is 44.5 Å². The minimum atomic E-state index is 0.442. The van der Waals surface area contributed by atoms with Crippen molar-refractivity contribution < 1.29 is 9.47 Å². The summed E-state index contributed by atoms with van der Waals surface area (Å²) < 4.78 is 12.4. The molecule has 0 bridgehead atoms. The van der Waals surface area contributed by atoms with E-state index in [1.807, 2.05) is 0 Å². The van der Waals surface area contributed by atoms with Crippen molar-refractivity contribution in [1.29, 1.82) is 0 Å². The predicted octanol–water partition coefficient (Wildman–Crippen LogP) is 3.24. The number of benzene rings is 1. The monoisotopic (exact) mass is 313 g/mol. The molecule has 0 spiro atoms. The van der Waals surface area contributed by atoms with Gasteiger partial charge in [-0.1, -0.05) is 13.8 Å². The molecule has 0 aliphatic carbocycles. The molecule has 1 aliphatic rings. The van der Waals surface area contributed by atoms with Gasteiger partial charge in [0, 0.05) is 0 Å². The summed E-state index contributed by atoms with van der Waals surface area (Å²) >= 11 is 3.66. The maximum Gasteiger partial charge on any atom is 0.175 e. The molecule has 2 N–H and O–H groups in total. The Morgan fingerprint density at radius 1 is 1.39 bits per heavy atom. The van der Waals surface area contributed by atoms with Gasteiger partial charge < -0.3 is 15.2 Å². The first-order valence-electron chi connectivity index (χ1n) is 6.50. The number of halogens is 1. The Hall–Kier alpha value is -0.740. The molecule has 4 heteroatoms. The van der Waals surface area contributed by atoms with E-state index in [2.05, 4.69) is 35.8 Å². The van der Waals surface area contributed by atoms with E-state index in [0.717, 1.165) is 28.8 Å². The lowest BCUT2D eigenvalue weighted by molar-refractivity contribution is 0.170. The summed E-state index contributed by atoms with van der Waals surface area (Å²) in [6.07, 6.45) is 1.96. The summed E-state index contributed by atoms with van der Waals surface area (Å²) in [7, 11) is 0. The van der Waals surface area contributed by atoms with Gasteiger partial charge in [-0.15, -0.1) is 0 Å². The first-order chi connectivity index (χ1) is 8.69. The Morgan fingerprint density at radius 3 is 2.78 bits per heavy atom. The van der Waals surface area contributed by atoms with E-state index in [9.17, 15) is 0 Å². The van der Waals surface area contributed by atoms with Gasteiger partial charge in [-0.25, -0.2) is 0 Å². The van der Waals surface area contributed by atoms with Crippen LogP contribution in [0.2, 0.25) is 0 Å². The fourth-order valence-electron chi connectivity index (χ4n) is 2.41. The number of nitrogens with two attached hydrogens (primary N) is 1. The number of hydrogen-bond acceptors (Lipinski definition) is 3. The highest BCUT2D eigenvalue weighted by atomic mass is 79.9. The van der Waals surface area contributed by atoms with Gasteiger partial charge in [0.1, 0.15) is 13.2 Å². The molecule has 0 radical (unpaired) electrons. The van der Waals surface area contributed by atoms with Crippen LogP contribution in [-0.2, 0) is 6.42 Å². The van der Waals surface area contributed by atoms with Gasteiger partial charge in [0.2, 0.25) is 0 Å². The molecule has 0 aromatic heterocycles. The molecule has 0 fully saturated rings. The van der Waals surface area contributed by atoms with Gasteiger partial charge in [0.15, 0.2) is 11.5 Å². The molecule has 1 unspecified atom stereocenters. The molecular formula is C14H20BrNO2. The summed E-state index contributed by atoms with van der Waals surface area (Å²) in [4.78, 5) is 0. The molecule has 1 aromatic carbocycles. The molecule has 100 valence electrons. The van der Waals surface area contributed by atoms with Crippen molar-refractivity contribution in [2.75, 3.05) is 19.8 Å². The maximum atomic E-state index is 5.69. The van der Waals surface area contributed by atoms with Crippen molar-refractivity contribution >= 4 is 15.9 Å². The van der Waals surface area contributed by atoms with E-state index in [1.165, 1.54) is 11.1 Å². The fraction of sp³-hybridized carbons (Fsp3) is 0.571. The summed E-state index contributed by atoms with van der Waals surface area (Å²) in [5.41, 5.74) is 8.29. The zero-order valence-electron chi connectivity index (χ0n) is 11.0. The van der Waals surface area contributed by atoms with Crippen molar-refractivity contribution in [3.05, 3.63) is 21.7 Å². The minimum Gasteiger partial charge on any atom is -0.486 e. The fourth-order valence-corrected chi connectivity index (χ4v) is 3.23. The number of fused-ring (bicyclic) bond motifs is 1. The molecule has 0 saturated heterocycles. The van der Waals surface area contributed by atoms with Crippen LogP contribution < -0.4 is 15.2 Å². The van der Waals surface area contributed by atoms with Crippen LogP contribution in [0.25, 0.3) is 0 Å². The second kappa shape index (κ2) is 5.93. The average molecular weight is 314 g/mol. The van der Waals surface area contributed by atoms with Crippen LogP contribution in [0.5, 0.6) is 11.5 Å². The third-order valence-electron chi connectivity index (χ3n) is 3.39. The molecule has 18 heavy (non-hydrogen) atoms. The zero-order valence-corrected chi connectivity index (χ0v) is 12.5. The van der Waals surface area contributed by atoms with Crippen molar-refractivity contribution in [3.8, 4) is 11.5 Å². The van der Waals surface area contributed by atoms with Crippen LogP contribution in [0.3, 0.4) is 0 Å². The number of rotatable bonds is 4. The van der Waals surface area contributed by atoms with Crippen LogP contribution >= 0.6 is 15.9 Å². The first kappa shape index (κ1) is 13.7. The van der Waals surface area contributed by atoms with Crippen molar-refractivity contribution in [2.45, 2.75) is 32.6 Å². The molecule has 1 aromatic rings. The van der Waals surface area contributed by atoms with Gasteiger partial charge in [-0.05, 0) is 58.4 Å². The van der Waals surface area contributed by atoms with E-state index < -0.39 is 0 Å². The van der Waals surface area contributed by atoms with Crippen molar-refractivity contribution in [1.82, 2.24) is 0 Å². The van der Waals surface area contributed by atoms with Gasteiger partial charge in [0.25, 0.3) is 0 Å². The zero-order chi connectivity index (χ0) is 13.1. The largest absolute Gasteiger partial charge is 0.486 e. The minimum absolute atomic E-state index is 0.442. The molecule has 1 heterocycles. The standard InChI is InChI=1S/C14H20BrNO2/c1-3-10-11(9(2)4-5-16)8-12-14(13(10)15)18-7-6-17-12/h8-9H,3-7,16H2,1-2H3. The van der Waals surface area contributed by atoms with Crippen molar-refractivity contribution in [2.24, 2.45) is 5.73 Å². The molecular weight excluding hydrogens is 294 g/mol. The third kappa shape index (κ3) is 2.50. The molecule has 2 rings (SSSR count). The molecule has 3 nitrogen and oxygen atoms in total. The Kier molecular flexibility index (Phi) is 4.51. The van der Waals surface area contributed by atoms with Crippen LogP contribution in [0, 0.1) is 0 Å². The molecule has 0 saturated carbocycles. The highest BCUT2D eigenvalue weighted by molar-refractivity contribution is 9.10. The van der Waals surface area contributed by atoms with E-state index >= 15 is 0 Å². The predicted molar refractivity (Wildman–Crippen MR) is 76.6 cm³/mol. The molecule has 1 atom stereocenters. The van der Waals surface area contributed by atoms with Gasteiger partial charge in [-0.2, -0.15) is 0 Å². The molecule has 1 aliphatic heterocycles. The van der Waals surface area contributed by atoms with E-state index in [4.69, 9.17) is 15.2 Å². The third-order valence-corrected chi connectivity index (χ3v) is 4.23. The Bertz CT molecular complexity index is 434. The van der Waals surface area contributed by atoms with Crippen LogP contribution in [-0.4, -0.2) is 19.8 Å². The number of ether oxygens (including phenoxy) is 2. The lowest BCUT2D eigenvalue weighted by Crippen LogP contribution is -2.17. The van der Waals surface area contributed by atoms with Gasteiger partial charge in [0.05, 0.1) is 4.47 Å². The highest BCUT2D eigenvalue weighted by Gasteiger charge is 2.22. The smallest absolute Gasteiger partial charge is 0.175 e. The average Bonchev–Trinajstić information content (AvgIpc) is 2.39. The van der Waals surface area contributed by atoms with E-state index in [1.54, 1.807) is 0 Å². The van der Waals surface area contributed by atoms with Crippen LogP contribution in [0.1, 0.15) is 37.3 Å². The first-order valence-corrected chi connectivity index (χ1v) is 7.29. The second-order valence-electron chi connectivity index (χ2n) is 4.61. The lowest BCUT2D eigenvalue weighted by Gasteiger charge is -2.25.